The van der Waals surface area contributed by atoms with Gasteiger partial charge in [-0.25, -0.2) is 9.59 Å². The summed E-state index contributed by atoms with van der Waals surface area (Å²) in [7, 11) is 0. The van der Waals surface area contributed by atoms with Gasteiger partial charge in [-0.2, -0.15) is 0 Å². The number of nitrogens with zero attached hydrogens (tertiary/aromatic N) is 1. The molecule has 0 unspecified atom stereocenters. The second-order valence-electron chi connectivity index (χ2n) is 4.76. The Labute approximate surface area is 122 Å². The molecule has 7 nitrogen and oxygen atoms in total. The number of benzene rings is 1. The fraction of sp³-hybridized carbons (Fsp3) is 0.429. The first kappa shape index (κ1) is 15.1. The van der Waals surface area contributed by atoms with Crippen molar-refractivity contribution >= 4 is 17.7 Å². The molecule has 1 aliphatic carbocycles. The number of amides is 2. The Morgan fingerprint density at radius 3 is 2.67 bits per heavy atom. The van der Waals surface area contributed by atoms with Gasteiger partial charge < -0.3 is 25.2 Å². The summed E-state index contributed by atoms with van der Waals surface area (Å²) in [5.41, 5.74) is 0.410. The van der Waals surface area contributed by atoms with Gasteiger partial charge in [-0.1, -0.05) is 12.1 Å². The van der Waals surface area contributed by atoms with Gasteiger partial charge in [0.15, 0.2) is 6.61 Å². The highest BCUT2D eigenvalue weighted by molar-refractivity contribution is 5.91. The maximum Gasteiger partial charge on any atom is 0.341 e. The third kappa shape index (κ3) is 4.35. The number of aliphatic hydroxyl groups excluding tert-OH is 1. The van der Waals surface area contributed by atoms with Gasteiger partial charge in [-0.05, 0) is 25.0 Å². The van der Waals surface area contributed by atoms with Crippen LogP contribution in [0.2, 0.25) is 0 Å². The number of rotatable bonds is 7. The van der Waals surface area contributed by atoms with Gasteiger partial charge in [0.25, 0.3) is 0 Å². The van der Waals surface area contributed by atoms with Crippen molar-refractivity contribution in [1.82, 2.24) is 4.90 Å². The van der Waals surface area contributed by atoms with Crippen LogP contribution in [0.1, 0.15) is 12.8 Å². The van der Waals surface area contributed by atoms with Crippen LogP contribution < -0.4 is 10.1 Å². The summed E-state index contributed by atoms with van der Waals surface area (Å²) in [5.74, 6) is -0.788. The smallest absolute Gasteiger partial charge is 0.341 e. The summed E-state index contributed by atoms with van der Waals surface area (Å²) in [6, 6.07) is 6.49. The molecule has 0 aliphatic heterocycles. The Morgan fingerprint density at radius 1 is 1.33 bits per heavy atom. The molecule has 1 saturated carbocycles. The van der Waals surface area contributed by atoms with E-state index < -0.39 is 12.6 Å². The number of ether oxygens (including phenoxy) is 1. The van der Waals surface area contributed by atoms with Crippen molar-refractivity contribution in [3.05, 3.63) is 24.3 Å². The minimum atomic E-state index is -1.09. The number of urea groups is 1. The molecular formula is C14H18N2O5. The lowest BCUT2D eigenvalue weighted by Gasteiger charge is -2.22. The van der Waals surface area contributed by atoms with Crippen molar-refractivity contribution in [3.8, 4) is 5.75 Å². The molecule has 7 heteroatoms. The van der Waals surface area contributed by atoms with Crippen LogP contribution >= 0.6 is 0 Å². The van der Waals surface area contributed by atoms with Crippen molar-refractivity contribution in [1.29, 1.82) is 0 Å². The molecule has 0 radical (unpaired) electrons. The molecule has 114 valence electrons. The summed E-state index contributed by atoms with van der Waals surface area (Å²) in [4.78, 5) is 24.3. The van der Waals surface area contributed by atoms with Gasteiger partial charge in [0.1, 0.15) is 5.75 Å². The molecule has 0 spiro atoms. The summed E-state index contributed by atoms with van der Waals surface area (Å²) < 4.78 is 5.13. The molecule has 1 fully saturated rings. The molecule has 2 amide bonds. The Morgan fingerprint density at radius 2 is 2.05 bits per heavy atom. The summed E-state index contributed by atoms with van der Waals surface area (Å²) in [5, 5.41) is 20.4. The average molecular weight is 294 g/mol. The molecule has 3 N–H and O–H groups in total. The van der Waals surface area contributed by atoms with Crippen molar-refractivity contribution < 1.29 is 24.5 Å². The van der Waals surface area contributed by atoms with Crippen LogP contribution in [0.15, 0.2) is 24.3 Å². The van der Waals surface area contributed by atoms with Gasteiger partial charge in [0.05, 0.1) is 12.3 Å². The van der Waals surface area contributed by atoms with Crippen molar-refractivity contribution in [2.45, 2.75) is 18.9 Å². The van der Waals surface area contributed by atoms with Gasteiger partial charge in [-0.15, -0.1) is 0 Å². The number of para-hydroxylation sites is 2. The standard InChI is InChI=1S/C14H18N2O5/c17-8-7-16(10-5-6-10)14(20)15-11-3-1-2-4-12(11)21-9-13(18)19/h1-4,10,17H,5-9H2,(H,15,20)(H,18,19). The molecular weight excluding hydrogens is 276 g/mol. The van der Waals surface area contributed by atoms with Crippen LogP contribution in [0.4, 0.5) is 10.5 Å². The Balaban J connectivity index is 2.03. The second-order valence-corrected chi connectivity index (χ2v) is 4.76. The number of aliphatic hydroxyl groups is 1. The van der Waals surface area contributed by atoms with Gasteiger partial charge in [0.2, 0.25) is 0 Å². The average Bonchev–Trinajstić information content (AvgIpc) is 3.28. The third-order valence-corrected chi connectivity index (χ3v) is 3.07. The van der Waals surface area contributed by atoms with Gasteiger partial charge in [0, 0.05) is 12.6 Å². The number of hydrogen-bond acceptors (Lipinski definition) is 4. The van der Waals surface area contributed by atoms with E-state index in [1.165, 1.54) is 0 Å². The number of nitrogens with one attached hydrogen (secondary N) is 1. The van der Waals surface area contributed by atoms with Crippen LogP contribution in [0.25, 0.3) is 0 Å². The first-order valence-corrected chi connectivity index (χ1v) is 6.74. The predicted octanol–water partition coefficient (Wildman–Crippen LogP) is 1.14. The number of carbonyl (C=O) groups is 2. The van der Waals surface area contributed by atoms with Crippen LogP contribution in [-0.2, 0) is 4.79 Å². The highest BCUT2D eigenvalue weighted by Crippen LogP contribution is 2.29. The van der Waals surface area contributed by atoms with Crippen LogP contribution in [0, 0.1) is 0 Å². The van der Waals surface area contributed by atoms with E-state index in [4.69, 9.17) is 14.9 Å². The zero-order valence-electron chi connectivity index (χ0n) is 11.5. The SMILES string of the molecule is O=C(O)COc1ccccc1NC(=O)N(CCO)C1CC1. The lowest BCUT2D eigenvalue weighted by molar-refractivity contribution is -0.139. The highest BCUT2D eigenvalue weighted by Gasteiger charge is 2.32. The fourth-order valence-corrected chi connectivity index (χ4v) is 1.97. The summed E-state index contributed by atoms with van der Waals surface area (Å²) in [6.07, 6.45) is 1.87. The fourth-order valence-electron chi connectivity index (χ4n) is 1.97. The molecule has 1 aromatic rings. The predicted molar refractivity (Wildman–Crippen MR) is 75.4 cm³/mol. The van der Waals surface area contributed by atoms with Gasteiger partial charge in [-0.3, -0.25) is 0 Å². The van der Waals surface area contributed by atoms with E-state index >= 15 is 0 Å². The zero-order chi connectivity index (χ0) is 15.2. The second kappa shape index (κ2) is 6.94. The monoisotopic (exact) mass is 294 g/mol. The van der Waals surface area contributed by atoms with Crippen LogP contribution in [0.5, 0.6) is 5.75 Å². The molecule has 2 rings (SSSR count). The normalized spacial score (nSPS) is 13.6. The van der Waals surface area contributed by atoms with E-state index in [0.29, 0.717) is 11.4 Å². The lowest BCUT2D eigenvalue weighted by atomic mass is 10.3. The van der Waals surface area contributed by atoms with E-state index in [-0.39, 0.29) is 25.2 Å². The molecule has 1 aromatic carbocycles. The first-order valence-electron chi connectivity index (χ1n) is 6.74. The molecule has 0 aromatic heterocycles. The van der Waals surface area contributed by atoms with E-state index in [1.54, 1.807) is 29.2 Å². The van der Waals surface area contributed by atoms with Crippen molar-refractivity contribution in [2.24, 2.45) is 0 Å². The number of carbonyl (C=O) groups excluding carboxylic acids is 1. The summed E-state index contributed by atoms with van der Waals surface area (Å²) >= 11 is 0. The Bertz CT molecular complexity index is 516. The molecule has 0 saturated heterocycles. The maximum absolute atomic E-state index is 12.2. The molecule has 0 bridgehead atoms. The zero-order valence-corrected chi connectivity index (χ0v) is 11.5. The van der Waals surface area contributed by atoms with E-state index in [0.717, 1.165) is 12.8 Å². The maximum atomic E-state index is 12.2. The minimum Gasteiger partial charge on any atom is -0.480 e. The lowest BCUT2D eigenvalue weighted by Crippen LogP contribution is -2.38. The number of carboxylic acid groups (broad SMARTS) is 1. The number of carboxylic acids is 1. The van der Waals surface area contributed by atoms with Crippen molar-refractivity contribution in [2.75, 3.05) is 25.1 Å². The highest BCUT2D eigenvalue weighted by atomic mass is 16.5. The van der Waals surface area contributed by atoms with E-state index in [9.17, 15) is 9.59 Å². The van der Waals surface area contributed by atoms with Crippen molar-refractivity contribution in [3.63, 3.8) is 0 Å². The van der Waals surface area contributed by atoms with Crippen LogP contribution in [-0.4, -0.2) is 52.9 Å². The number of aliphatic carboxylic acids is 1. The molecule has 21 heavy (non-hydrogen) atoms. The van der Waals surface area contributed by atoms with E-state index in [2.05, 4.69) is 5.32 Å². The molecule has 0 atom stereocenters. The number of anilines is 1. The minimum absolute atomic E-state index is 0.0961. The number of hydrogen-bond donors (Lipinski definition) is 3. The first-order chi connectivity index (χ1) is 10.1. The quantitative estimate of drug-likeness (QED) is 0.700. The van der Waals surface area contributed by atoms with Crippen LogP contribution in [0.3, 0.4) is 0 Å². The summed E-state index contributed by atoms with van der Waals surface area (Å²) in [6.45, 7) is -0.300. The van der Waals surface area contributed by atoms with Gasteiger partial charge >= 0.3 is 12.0 Å². The Kier molecular flexibility index (Phi) is 4.99. The molecule has 0 heterocycles. The van der Waals surface area contributed by atoms with E-state index in [1.807, 2.05) is 0 Å². The topological polar surface area (TPSA) is 99.1 Å². The molecule has 1 aliphatic rings. The Hall–Kier alpha value is -2.28. The third-order valence-electron chi connectivity index (χ3n) is 3.07. The largest absolute Gasteiger partial charge is 0.480 e.